The summed E-state index contributed by atoms with van der Waals surface area (Å²) in [7, 11) is 0. The number of likely N-dealkylation sites (tertiary alicyclic amines) is 1. The molecule has 3 heteroatoms. The number of piperidine rings is 1. The first-order chi connectivity index (χ1) is 9.79. The van der Waals surface area contributed by atoms with Gasteiger partial charge < -0.3 is 4.90 Å². The summed E-state index contributed by atoms with van der Waals surface area (Å²) in [6.45, 7) is 0.872. The fourth-order valence-electron chi connectivity index (χ4n) is 3.76. The number of hydrogen-bond acceptors (Lipinski definition) is 2. The van der Waals surface area contributed by atoms with Gasteiger partial charge in [0.15, 0.2) is 0 Å². The van der Waals surface area contributed by atoms with Crippen LogP contribution in [0.4, 0.5) is 0 Å². The molecule has 104 valence electrons. The summed E-state index contributed by atoms with van der Waals surface area (Å²) < 4.78 is 0. The first-order valence-electron chi connectivity index (χ1n) is 7.61. The average molecular weight is 268 g/mol. The Labute approximate surface area is 120 Å². The second-order valence-electron chi connectivity index (χ2n) is 5.95. The molecule has 2 aliphatic rings. The first-order valence-corrected chi connectivity index (χ1v) is 7.61. The second-order valence-corrected chi connectivity index (χ2v) is 5.95. The van der Waals surface area contributed by atoms with E-state index in [1.807, 2.05) is 6.07 Å². The molecule has 0 spiro atoms. The summed E-state index contributed by atoms with van der Waals surface area (Å²) in [6, 6.07) is 9.63. The van der Waals surface area contributed by atoms with Crippen molar-refractivity contribution in [2.45, 2.75) is 44.6 Å². The van der Waals surface area contributed by atoms with Gasteiger partial charge in [0.2, 0.25) is 0 Å². The second kappa shape index (κ2) is 5.66. The molecule has 1 aliphatic carbocycles. The number of carbonyl (C=O) groups is 1. The summed E-state index contributed by atoms with van der Waals surface area (Å²) in [4.78, 5) is 14.8. The zero-order valence-electron chi connectivity index (χ0n) is 11.7. The molecular formula is C17H20N2O. The summed E-state index contributed by atoms with van der Waals surface area (Å²) in [6.07, 6.45) is 7.36. The molecule has 2 fully saturated rings. The Bertz CT molecular complexity index is 544. The maximum absolute atomic E-state index is 12.7. The van der Waals surface area contributed by atoms with Gasteiger partial charge in [0.05, 0.1) is 11.6 Å². The van der Waals surface area contributed by atoms with E-state index >= 15 is 0 Å². The van der Waals surface area contributed by atoms with Crippen molar-refractivity contribution in [3.63, 3.8) is 0 Å². The lowest BCUT2D eigenvalue weighted by Gasteiger charge is -2.44. The fourth-order valence-corrected chi connectivity index (χ4v) is 3.76. The summed E-state index contributed by atoms with van der Waals surface area (Å²) in [5, 5.41) is 8.97. The van der Waals surface area contributed by atoms with Crippen molar-refractivity contribution in [2.75, 3.05) is 6.54 Å². The number of nitriles is 1. The van der Waals surface area contributed by atoms with Crippen LogP contribution in [0.5, 0.6) is 0 Å². The summed E-state index contributed by atoms with van der Waals surface area (Å²) >= 11 is 0. The molecule has 1 heterocycles. The highest BCUT2D eigenvalue weighted by Gasteiger charge is 2.35. The molecule has 3 nitrogen and oxygen atoms in total. The van der Waals surface area contributed by atoms with Crippen molar-refractivity contribution >= 4 is 5.91 Å². The highest BCUT2D eigenvalue weighted by atomic mass is 16.2. The van der Waals surface area contributed by atoms with Gasteiger partial charge in [0, 0.05) is 18.2 Å². The summed E-state index contributed by atoms with van der Waals surface area (Å²) in [5.41, 5.74) is 1.23. The Kier molecular flexibility index (Phi) is 3.73. The molecule has 1 saturated heterocycles. The Hall–Kier alpha value is -1.82. The van der Waals surface area contributed by atoms with Gasteiger partial charge in [-0.05, 0) is 49.8 Å². The lowest BCUT2D eigenvalue weighted by Crippen LogP contribution is -2.49. The minimum Gasteiger partial charge on any atom is -0.335 e. The van der Waals surface area contributed by atoms with Gasteiger partial charge in [0.1, 0.15) is 0 Å². The van der Waals surface area contributed by atoms with Crippen LogP contribution in [0.1, 0.15) is 54.4 Å². The van der Waals surface area contributed by atoms with Gasteiger partial charge in [-0.25, -0.2) is 0 Å². The lowest BCUT2D eigenvalue weighted by molar-refractivity contribution is 0.0390. The Balaban J connectivity index is 1.83. The van der Waals surface area contributed by atoms with Gasteiger partial charge in [-0.15, -0.1) is 0 Å². The monoisotopic (exact) mass is 268 g/mol. The topological polar surface area (TPSA) is 44.1 Å². The van der Waals surface area contributed by atoms with Gasteiger partial charge in [-0.3, -0.25) is 4.79 Å². The van der Waals surface area contributed by atoms with Gasteiger partial charge in [0.25, 0.3) is 5.91 Å². The molecule has 0 aromatic heterocycles. The van der Waals surface area contributed by atoms with Crippen LogP contribution in [0.25, 0.3) is 0 Å². The molecule has 1 saturated carbocycles. The molecule has 0 radical (unpaired) electrons. The van der Waals surface area contributed by atoms with E-state index in [9.17, 15) is 4.79 Å². The molecule has 0 bridgehead atoms. The van der Waals surface area contributed by atoms with Crippen molar-refractivity contribution in [2.24, 2.45) is 5.92 Å². The van der Waals surface area contributed by atoms with Crippen LogP contribution in [0.15, 0.2) is 24.3 Å². The Morgan fingerprint density at radius 3 is 2.85 bits per heavy atom. The minimum absolute atomic E-state index is 0.110. The molecule has 3 rings (SSSR count). The predicted octanol–water partition coefficient (Wildman–Crippen LogP) is 3.35. The van der Waals surface area contributed by atoms with E-state index in [4.69, 9.17) is 5.26 Å². The first kappa shape index (κ1) is 13.2. The van der Waals surface area contributed by atoms with Gasteiger partial charge >= 0.3 is 0 Å². The van der Waals surface area contributed by atoms with E-state index in [-0.39, 0.29) is 5.91 Å². The lowest BCUT2D eigenvalue weighted by atomic mass is 9.78. The zero-order valence-corrected chi connectivity index (χ0v) is 11.7. The van der Waals surface area contributed by atoms with E-state index in [0.717, 1.165) is 19.4 Å². The minimum atomic E-state index is 0.110. The highest BCUT2D eigenvalue weighted by Crippen LogP contribution is 2.35. The van der Waals surface area contributed by atoms with E-state index in [1.54, 1.807) is 18.2 Å². The maximum Gasteiger partial charge on any atom is 0.254 e. The number of benzene rings is 1. The third-order valence-corrected chi connectivity index (χ3v) is 4.74. The van der Waals surface area contributed by atoms with Crippen LogP contribution in [0, 0.1) is 17.2 Å². The number of amides is 1. The van der Waals surface area contributed by atoms with Gasteiger partial charge in [-0.2, -0.15) is 5.26 Å². The largest absolute Gasteiger partial charge is 0.335 e. The predicted molar refractivity (Wildman–Crippen MR) is 77.2 cm³/mol. The quantitative estimate of drug-likeness (QED) is 0.784. The zero-order chi connectivity index (χ0) is 13.9. The normalized spacial score (nSPS) is 25.6. The molecule has 20 heavy (non-hydrogen) atoms. The Morgan fingerprint density at radius 2 is 2.00 bits per heavy atom. The van der Waals surface area contributed by atoms with Gasteiger partial charge in [-0.1, -0.05) is 18.9 Å². The molecule has 1 aromatic carbocycles. The number of fused-ring (bicyclic) bond motifs is 1. The molecular weight excluding hydrogens is 248 g/mol. The number of carbonyl (C=O) groups excluding carboxylic acids is 1. The number of nitrogens with zero attached hydrogens (tertiary/aromatic N) is 2. The Morgan fingerprint density at radius 1 is 1.20 bits per heavy atom. The molecule has 1 amide bonds. The van der Waals surface area contributed by atoms with Crippen LogP contribution >= 0.6 is 0 Å². The molecule has 0 unspecified atom stereocenters. The number of rotatable bonds is 1. The average Bonchev–Trinajstić information content (AvgIpc) is 2.53. The third kappa shape index (κ3) is 2.43. The van der Waals surface area contributed by atoms with Crippen LogP contribution in [0.3, 0.4) is 0 Å². The van der Waals surface area contributed by atoms with Crippen molar-refractivity contribution in [3.8, 4) is 6.07 Å². The molecule has 0 N–H and O–H groups in total. The molecule has 2 atom stereocenters. The van der Waals surface area contributed by atoms with E-state index < -0.39 is 0 Å². The fraction of sp³-hybridized carbons (Fsp3) is 0.529. The number of hydrogen-bond donors (Lipinski definition) is 0. The maximum atomic E-state index is 12.7. The van der Waals surface area contributed by atoms with Crippen LogP contribution in [-0.4, -0.2) is 23.4 Å². The third-order valence-electron chi connectivity index (χ3n) is 4.74. The van der Waals surface area contributed by atoms with Crippen molar-refractivity contribution in [1.29, 1.82) is 5.26 Å². The molecule has 1 aromatic rings. The van der Waals surface area contributed by atoms with Crippen molar-refractivity contribution in [3.05, 3.63) is 35.4 Å². The van der Waals surface area contributed by atoms with Crippen LogP contribution < -0.4 is 0 Å². The highest BCUT2D eigenvalue weighted by molar-refractivity contribution is 5.94. The van der Waals surface area contributed by atoms with E-state index in [0.29, 0.717) is 23.1 Å². The van der Waals surface area contributed by atoms with E-state index in [2.05, 4.69) is 11.0 Å². The van der Waals surface area contributed by atoms with Crippen LogP contribution in [-0.2, 0) is 0 Å². The van der Waals surface area contributed by atoms with Crippen molar-refractivity contribution in [1.82, 2.24) is 4.90 Å². The standard InChI is InChI=1S/C17H20N2O/c18-12-13-5-3-7-15(11-13)17(20)19-10-4-8-14-6-1-2-9-16(14)19/h3,5,7,11,14,16H,1-2,4,6,8-10H2/t14-,16-/m0/s1. The molecule has 1 aliphatic heterocycles. The van der Waals surface area contributed by atoms with Crippen molar-refractivity contribution < 1.29 is 4.79 Å². The smallest absolute Gasteiger partial charge is 0.254 e. The van der Waals surface area contributed by atoms with Crippen LogP contribution in [0.2, 0.25) is 0 Å². The SMILES string of the molecule is N#Cc1cccc(C(=O)N2CCC[C@@H]3CCCC[C@@H]32)c1. The van der Waals surface area contributed by atoms with E-state index in [1.165, 1.54) is 25.7 Å². The summed E-state index contributed by atoms with van der Waals surface area (Å²) in [5.74, 6) is 0.805.